The van der Waals surface area contributed by atoms with E-state index in [4.69, 9.17) is 0 Å². The quantitative estimate of drug-likeness (QED) is 0.766. The Balaban J connectivity index is 2.92. The smallest absolute Gasteiger partial charge is 0.0716 e. The van der Waals surface area contributed by atoms with Crippen LogP contribution in [-0.4, -0.2) is 16.7 Å². The van der Waals surface area contributed by atoms with E-state index in [1.54, 1.807) is 6.26 Å². The second-order valence-corrected chi connectivity index (χ2v) is 4.99. The van der Waals surface area contributed by atoms with Crippen LogP contribution in [0.5, 0.6) is 0 Å². The lowest BCUT2D eigenvalue weighted by atomic mass is 10.2. The van der Waals surface area contributed by atoms with Gasteiger partial charge in [-0.15, -0.1) is 11.8 Å². The number of rotatable bonds is 3. The van der Waals surface area contributed by atoms with Crippen molar-refractivity contribution in [1.29, 1.82) is 0 Å². The Bertz CT molecular complexity index is 317. The largest absolute Gasteiger partial charge is 0.254 e. The molecule has 0 heterocycles. The van der Waals surface area contributed by atoms with Crippen molar-refractivity contribution in [2.75, 3.05) is 12.5 Å². The van der Waals surface area contributed by atoms with Crippen LogP contribution >= 0.6 is 11.8 Å². The first-order valence-electron chi connectivity index (χ1n) is 3.88. The maximum Gasteiger partial charge on any atom is 0.0716 e. The minimum atomic E-state index is -0.880. The van der Waals surface area contributed by atoms with Crippen LogP contribution < -0.4 is 0 Å². The maximum atomic E-state index is 11.2. The highest BCUT2D eigenvalue weighted by Gasteiger charge is 1.99. The van der Waals surface area contributed by atoms with Crippen LogP contribution in [0.4, 0.5) is 0 Å². The lowest BCUT2D eigenvalue weighted by molar-refractivity contribution is 0.691. The van der Waals surface area contributed by atoms with Crippen LogP contribution in [-0.2, 0) is 10.8 Å². The molecule has 0 unspecified atom stereocenters. The predicted molar refractivity (Wildman–Crippen MR) is 62.0 cm³/mol. The summed E-state index contributed by atoms with van der Waals surface area (Å²) < 4.78 is 12.1. The highest BCUT2D eigenvalue weighted by Crippen LogP contribution is 2.18. The van der Waals surface area contributed by atoms with Gasteiger partial charge in [0, 0.05) is 6.26 Å². The van der Waals surface area contributed by atoms with Gasteiger partial charge in [-0.1, -0.05) is 30.3 Å². The topological polar surface area (TPSA) is 17.1 Å². The molecule has 0 spiro atoms. The molecule has 0 N–H and O–H groups in total. The molecule has 13 heavy (non-hydrogen) atoms. The Hall–Kier alpha value is -0.540. The average molecular weight is 212 g/mol. The molecule has 1 nitrogen and oxygen atoms in total. The van der Waals surface area contributed by atoms with Gasteiger partial charge in [0.1, 0.15) is 0 Å². The minimum Gasteiger partial charge on any atom is -0.254 e. The molecule has 0 aromatic heterocycles. The Morgan fingerprint density at radius 2 is 2.00 bits per heavy atom. The normalized spacial score (nSPS) is 14.2. The van der Waals surface area contributed by atoms with Crippen LogP contribution in [0.1, 0.15) is 5.56 Å². The fourth-order valence-corrected chi connectivity index (χ4v) is 2.44. The monoisotopic (exact) mass is 212 g/mol. The van der Waals surface area contributed by atoms with E-state index in [0.29, 0.717) is 0 Å². The Labute approximate surface area is 85.7 Å². The van der Waals surface area contributed by atoms with Gasteiger partial charge in [0.05, 0.1) is 15.0 Å². The molecule has 1 aromatic carbocycles. The molecule has 0 aliphatic heterocycles. The van der Waals surface area contributed by atoms with E-state index in [-0.39, 0.29) is 0 Å². The molecular formula is C10H12OS2. The Morgan fingerprint density at radius 1 is 1.38 bits per heavy atom. The van der Waals surface area contributed by atoms with Crippen molar-refractivity contribution in [3.63, 3.8) is 0 Å². The van der Waals surface area contributed by atoms with Gasteiger partial charge in [0.2, 0.25) is 0 Å². The second kappa shape index (κ2) is 5.25. The molecular weight excluding hydrogens is 200 g/mol. The summed E-state index contributed by atoms with van der Waals surface area (Å²) in [5.74, 6) is 0. The van der Waals surface area contributed by atoms with Gasteiger partial charge in [-0.3, -0.25) is 4.21 Å². The fraction of sp³-hybridized carbons (Fsp3) is 0.200. The highest BCUT2D eigenvalue weighted by atomic mass is 32.2. The summed E-state index contributed by atoms with van der Waals surface area (Å²) in [7, 11) is -0.880. The van der Waals surface area contributed by atoms with Gasteiger partial charge in [0.15, 0.2) is 0 Å². The van der Waals surface area contributed by atoms with Crippen molar-refractivity contribution < 1.29 is 4.21 Å². The zero-order valence-electron chi connectivity index (χ0n) is 7.69. The number of hydrogen-bond acceptors (Lipinski definition) is 2. The molecule has 0 aliphatic carbocycles. The third-order valence-electron chi connectivity index (χ3n) is 1.57. The second-order valence-electron chi connectivity index (χ2n) is 2.53. The molecule has 0 radical (unpaired) electrons. The maximum absolute atomic E-state index is 11.2. The number of thioether (sulfide) groups is 1. The van der Waals surface area contributed by atoms with E-state index in [0.717, 1.165) is 9.80 Å². The molecule has 70 valence electrons. The first-order valence-corrected chi connectivity index (χ1v) is 6.66. The van der Waals surface area contributed by atoms with Gasteiger partial charge in [0.25, 0.3) is 0 Å². The SMILES string of the molecule is CS/C(=C\c1ccccc1)[S@](C)=O. The first-order chi connectivity index (χ1) is 6.24. The Kier molecular flexibility index (Phi) is 4.25. The molecule has 0 aliphatic rings. The lowest BCUT2D eigenvalue weighted by Gasteiger charge is -1.98. The predicted octanol–water partition coefficient (Wildman–Crippen LogP) is 2.73. The summed E-state index contributed by atoms with van der Waals surface area (Å²) >= 11 is 1.53. The van der Waals surface area contributed by atoms with Crippen molar-refractivity contribution in [3.8, 4) is 0 Å². The summed E-state index contributed by atoms with van der Waals surface area (Å²) in [6.07, 6.45) is 5.60. The third-order valence-corrected chi connectivity index (χ3v) is 3.98. The zero-order chi connectivity index (χ0) is 9.68. The van der Waals surface area contributed by atoms with E-state index in [1.807, 2.05) is 42.7 Å². The Morgan fingerprint density at radius 3 is 2.46 bits per heavy atom. The molecule has 0 bridgehead atoms. The van der Waals surface area contributed by atoms with Crippen molar-refractivity contribution in [1.82, 2.24) is 0 Å². The van der Waals surface area contributed by atoms with Gasteiger partial charge in [-0.05, 0) is 17.9 Å². The molecule has 0 fully saturated rings. The average Bonchev–Trinajstić information content (AvgIpc) is 2.15. The van der Waals surface area contributed by atoms with Crippen LogP contribution in [0, 0.1) is 0 Å². The van der Waals surface area contributed by atoms with Crippen molar-refractivity contribution in [2.45, 2.75) is 0 Å². The fourth-order valence-electron chi connectivity index (χ4n) is 0.945. The molecule has 0 amide bonds. The minimum absolute atomic E-state index is 0.880. The summed E-state index contributed by atoms with van der Waals surface area (Å²) in [5, 5.41) is 0. The zero-order valence-corrected chi connectivity index (χ0v) is 9.32. The molecule has 1 aromatic rings. The van der Waals surface area contributed by atoms with E-state index in [9.17, 15) is 4.21 Å². The van der Waals surface area contributed by atoms with Gasteiger partial charge < -0.3 is 0 Å². The summed E-state index contributed by atoms with van der Waals surface area (Å²) in [5.41, 5.74) is 1.10. The van der Waals surface area contributed by atoms with E-state index in [2.05, 4.69) is 0 Å². The summed E-state index contributed by atoms with van der Waals surface area (Å²) in [6.45, 7) is 0. The van der Waals surface area contributed by atoms with E-state index < -0.39 is 10.8 Å². The van der Waals surface area contributed by atoms with Gasteiger partial charge in [-0.25, -0.2) is 0 Å². The molecule has 1 atom stereocenters. The lowest BCUT2D eigenvalue weighted by Crippen LogP contribution is -1.86. The summed E-state index contributed by atoms with van der Waals surface area (Å²) in [4.78, 5) is 0. The van der Waals surface area contributed by atoms with E-state index >= 15 is 0 Å². The standard InChI is InChI=1S/C10H12OS2/c1-12-10(13(2)11)8-9-6-4-3-5-7-9/h3-8H,1-2H3/b10-8+/t13-/m0/s1. The molecule has 1 rings (SSSR count). The van der Waals surface area contributed by atoms with Crippen LogP contribution in [0.15, 0.2) is 34.6 Å². The van der Waals surface area contributed by atoms with Crippen molar-refractivity contribution in [2.24, 2.45) is 0 Å². The molecule has 0 saturated heterocycles. The van der Waals surface area contributed by atoms with Crippen LogP contribution in [0.3, 0.4) is 0 Å². The number of benzene rings is 1. The number of hydrogen-bond donors (Lipinski definition) is 0. The summed E-state index contributed by atoms with van der Waals surface area (Å²) in [6, 6.07) is 9.93. The van der Waals surface area contributed by atoms with Crippen molar-refractivity contribution in [3.05, 3.63) is 40.1 Å². The third kappa shape index (κ3) is 3.36. The van der Waals surface area contributed by atoms with Gasteiger partial charge >= 0.3 is 0 Å². The first kappa shape index (κ1) is 10.5. The van der Waals surface area contributed by atoms with Crippen LogP contribution in [0.25, 0.3) is 6.08 Å². The highest BCUT2D eigenvalue weighted by molar-refractivity contribution is 8.16. The van der Waals surface area contributed by atoms with Crippen LogP contribution in [0.2, 0.25) is 0 Å². The molecule has 3 heteroatoms. The molecule has 0 saturated carbocycles. The van der Waals surface area contributed by atoms with Crippen molar-refractivity contribution >= 4 is 28.6 Å². The van der Waals surface area contributed by atoms with Gasteiger partial charge in [-0.2, -0.15) is 0 Å². The van der Waals surface area contributed by atoms with E-state index in [1.165, 1.54) is 11.8 Å².